The van der Waals surface area contributed by atoms with E-state index >= 15 is 0 Å². The number of anilines is 1. The number of phenols is 1. The molecule has 0 heterocycles. The number of rotatable bonds is 1. The average molecular weight is 237 g/mol. The number of nitrogens with two attached hydrogens (primary N) is 1. The van der Waals surface area contributed by atoms with E-state index in [9.17, 15) is 13.5 Å². The van der Waals surface area contributed by atoms with Crippen molar-refractivity contribution in [3.63, 3.8) is 0 Å². The minimum atomic E-state index is -4.37. The Hall–Kier alpha value is -1.79. The number of phenolic OH excluding ortho intramolecular Hbond substituents is 1. The number of nitrogen functional groups attached to an aromatic ring is 1. The fourth-order valence-corrected chi connectivity index (χ4v) is 2.13. The normalized spacial score (nSPS) is 11.8. The quantitative estimate of drug-likeness (QED) is 0.507. The summed E-state index contributed by atoms with van der Waals surface area (Å²) >= 11 is 0. The van der Waals surface area contributed by atoms with Crippen LogP contribution in [0.15, 0.2) is 23.1 Å². The molecule has 0 aliphatic rings. The molecular formula is C10H7NO4S. The Kier molecular flexibility index (Phi) is 2.25. The molecule has 0 spiro atoms. The van der Waals surface area contributed by atoms with E-state index in [4.69, 9.17) is 10.3 Å². The van der Waals surface area contributed by atoms with Gasteiger partial charge in [0.2, 0.25) is 0 Å². The highest BCUT2D eigenvalue weighted by Gasteiger charge is 2.16. The van der Waals surface area contributed by atoms with Crippen LogP contribution in [0.4, 0.5) is 5.69 Å². The average Bonchev–Trinajstić information content (AvgIpc) is 2.16. The number of fused-ring (bicyclic) bond motifs is 1. The van der Waals surface area contributed by atoms with Crippen LogP contribution in [0.2, 0.25) is 0 Å². The van der Waals surface area contributed by atoms with Gasteiger partial charge >= 0.3 is 0 Å². The van der Waals surface area contributed by atoms with Gasteiger partial charge in [-0.05, 0) is 12.1 Å². The molecule has 0 bridgehead atoms. The summed E-state index contributed by atoms with van der Waals surface area (Å²) in [4.78, 5) is -0.346. The molecule has 0 aromatic heterocycles. The van der Waals surface area contributed by atoms with E-state index in [1.54, 1.807) is 0 Å². The Morgan fingerprint density at radius 1 is 1.31 bits per heavy atom. The topological polar surface area (TPSA) is 101 Å². The predicted molar refractivity (Wildman–Crippen MR) is 57.5 cm³/mol. The highest BCUT2D eigenvalue weighted by molar-refractivity contribution is 7.86. The van der Waals surface area contributed by atoms with Crippen molar-refractivity contribution in [2.45, 2.75) is 4.90 Å². The molecule has 5 nitrogen and oxygen atoms in total. The molecule has 16 heavy (non-hydrogen) atoms. The molecule has 6 heteroatoms. The maximum absolute atomic E-state index is 11.1. The van der Waals surface area contributed by atoms with Gasteiger partial charge in [0.15, 0.2) is 0 Å². The van der Waals surface area contributed by atoms with Crippen LogP contribution in [0.1, 0.15) is 0 Å². The molecule has 0 saturated carbocycles. The monoisotopic (exact) mass is 237 g/mol. The fraction of sp³-hybridized carbons (Fsp3) is 0. The zero-order valence-electron chi connectivity index (χ0n) is 7.93. The lowest BCUT2D eigenvalue weighted by molar-refractivity contribution is 0.480. The van der Waals surface area contributed by atoms with Gasteiger partial charge in [0.1, 0.15) is 10.6 Å². The molecule has 0 aliphatic carbocycles. The van der Waals surface area contributed by atoms with Crippen LogP contribution in [-0.4, -0.2) is 18.1 Å². The Bertz CT molecular complexity index is 656. The summed E-state index contributed by atoms with van der Waals surface area (Å²) in [6.07, 6.45) is 0. The third-order valence-electron chi connectivity index (χ3n) is 2.15. The van der Waals surface area contributed by atoms with Crippen molar-refractivity contribution in [2.75, 3.05) is 5.73 Å². The van der Waals surface area contributed by atoms with Crippen molar-refractivity contribution in [1.82, 2.24) is 0 Å². The maximum atomic E-state index is 11.1. The van der Waals surface area contributed by atoms with Crippen LogP contribution < -0.4 is 5.73 Å². The molecule has 0 atom stereocenters. The number of benzene rings is 2. The number of hydrogen-bond donors (Lipinski definition) is 3. The molecule has 0 unspecified atom stereocenters. The molecule has 0 aliphatic heterocycles. The van der Waals surface area contributed by atoms with E-state index in [0.29, 0.717) is 0 Å². The second-order valence-corrected chi connectivity index (χ2v) is 4.55. The van der Waals surface area contributed by atoms with Gasteiger partial charge < -0.3 is 10.8 Å². The van der Waals surface area contributed by atoms with Crippen LogP contribution in [0.5, 0.6) is 5.75 Å². The Morgan fingerprint density at radius 2 is 2.00 bits per heavy atom. The standard InChI is InChI=1S/C10H7NO4S/c11-7-4-5-9(16(13,14)15)6-2-1-3-8(12)10(6)7/h1-2,5,12H,11H2,(H,13,14,15). The third kappa shape index (κ3) is 1.58. The van der Waals surface area contributed by atoms with E-state index in [1.165, 1.54) is 12.1 Å². The molecule has 0 amide bonds. The Morgan fingerprint density at radius 3 is 2.62 bits per heavy atom. The lowest BCUT2D eigenvalue weighted by atomic mass is 10.1. The van der Waals surface area contributed by atoms with Gasteiger partial charge in [-0.2, -0.15) is 8.42 Å². The van der Waals surface area contributed by atoms with E-state index in [-0.39, 0.29) is 27.1 Å². The van der Waals surface area contributed by atoms with Gasteiger partial charge in [0.25, 0.3) is 10.1 Å². The highest BCUT2D eigenvalue weighted by Crippen LogP contribution is 2.33. The third-order valence-corrected chi connectivity index (χ3v) is 3.04. The van der Waals surface area contributed by atoms with Gasteiger partial charge in [0, 0.05) is 22.9 Å². The van der Waals surface area contributed by atoms with E-state index in [0.717, 1.165) is 6.07 Å². The first kappa shape index (κ1) is 10.7. The van der Waals surface area contributed by atoms with Crippen molar-refractivity contribution >= 4 is 26.6 Å². The second-order valence-electron chi connectivity index (χ2n) is 3.16. The summed E-state index contributed by atoms with van der Waals surface area (Å²) in [5.74, 6) is -0.281. The molecule has 2 aromatic rings. The summed E-state index contributed by atoms with van der Waals surface area (Å²) in [5, 5.41) is 9.75. The van der Waals surface area contributed by atoms with E-state index in [1.807, 2.05) is 0 Å². The fourth-order valence-electron chi connectivity index (χ4n) is 1.47. The van der Waals surface area contributed by atoms with Gasteiger partial charge in [-0.1, -0.05) is 6.07 Å². The van der Waals surface area contributed by atoms with Crippen LogP contribution in [0, 0.1) is 12.1 Å². The van der Waals surface area contributed by atoms with Crippen molar-refractivity contribution in [3.8, 4) is 5.75 Å². The van der Waals surface area contributed by atoms with Crippen LogP contribution in [0.25, 0.3) is 10.8 Å². The smallest absolute Gasteiger partial charge is 0.295 e. The van der Waals surface area contributed by atoms with Gasteiger partial charge in [0.05, 0.1) is 5.69 Å². The van der Waals surface area contributed by atoms with Crippen LogP contribution in [-0.2, 0) is 10.1 Å². The molecule has 4 N–H and O–H groups in total. The zero-order chi connectivity index (χ0) is 11.9. The van der Waals surface area contributed by atoms with Crippen molar-refractivity contribution in [2.24, 2.45) is 0 Å². The number of aromatic hydroxyl groups is 1. The maximum Gasteiger partial charge on any atom is 0.295 e. The van der Waals surface area contributed by atoms with Crippen molar-refractivity contribution in [3.05, 3.63) is 30.3 Å². The molecule has 0 saturated heterocycles. The minimum Gasteiger partial charge on any atom is -0.507 e. The molecular weight excluding hydrogens is 230 g/mol. The molecule has 2 rings (SSSR count). The molecule has 2 aromatic carbocycles. The first-order valence-corrected chi connectivity index (χ1v) is 5.66. The van der Waals surface area contributed by atoms with Crippen LogP contribution >= 0.6 is 0 Å². The highest BCUT2D eigenvalue weighted by atomic mass is 32.2. The SMILES string of the molecule is Nc1[c]cc(S(=O)(=O)O)c2cc[c]c(O)c12. The summed E-state index contributed by atoms with van der Waals surface area (Å²) in [5.41, 5.74) is 5.65. The minimum absolute atomic E-state index is 0.0942. The van der Waals surface area contributed by atoms with Gasteiger partial charge in [-0.25, -0.2) is 0 Å². The van der Waals surface area contributed by atoms with Crippen molar-refractivity contribution in [1.29, 1.82) is 0 Å². The second kappa shape index (κ2) is 3.36. The first-order valence-electron chi connectivity index (χ1n) is 4.22. The first-order chi connectivity index (χ1) is 7.41. The van der Waals surface area contributed by atoms with E-state index in [2.05, 4.69) is 12.1 Å². The lowest BCUT2D eigenvalue weighted by Crippen LogP contribution is -2.00. The van der Waals surface area contributed by atoms with Gasteiger partial charge in [-0.15, -0.1) is 0 Å². The Balaban J connectivity index is 3.02. The predicted octanol–water partition coefficient (Wildman–Crippen LogP) is 0.975. The van der Waals surface area contributed by atoms with E-state index < -0.39 is 10.1 Å². The summed E-state index contributed by atoms with van der Waals surface area (Å²) in [6.45, 7) is 0. The molecule has 0 fully saturated rings. The summed E-state index contributed by atoms with van der Waals surface area (Å²) < 4.78 is 31.1. The lowest BCUT2D eigenvalue weighted by Gasteiger charge is -2.07. The molecule has 82 valence electrons. The van der Waals surface area contributed by atoms with Gasteiger partial charge in [-0.3, -0.25) is 4.55 Å². The largest absolute Gasteiger partial charge is 0.507 e. The number of hydrogen-bond acceptors (Lipinski definition) is 4. The summed E-state index contributed by atoms with van der Waals surface area (Å²) in [7, 11) is -4.37. The summed E-state index contributed by atoms with van der Waals surface area (Å²) in [6, 6.07) is 8.71. The molecule has 2 radical (unpaired) electrons. The van der Waals surface area contributed by atoms with Crippen molar-refractivity contribution < 1.29 is 18.1 Å². The zero-order valence-corrected chi connectivity index (χ0v) is 8.75. The van der Waals surface area contributed by atoms with Crippen LogP contribution in [0.3, 0.4) is 0 Å². The Labute approximate surface area is 91.9 Å².